The highest BCUT2D eigenvalue weighted by Crippen LogP contribution is 2.37. The van der Waals surface area contributed by atoms with Crippen LogP contribution in [0.3, 0.4) is 0 Å². The number of hydrogen-bond donors (Lipinski definition) is 0. The van der Waals surface area contributed by atoms with Gasteiger partial charge in [-0.05, 0) is 108 Å². The Balaban J connectivity index is 0.988. The molecule has 10 aromatic rings. The third kappa shape index (κ3) is 5.22. The van der Waals surface area contributed by atoms with Crippen LogP contribution in [-0.2, 0) is 0 Å². The van der Waals surface area contributed by atoms with E-state index in [1.54, 1.807) is 9.13 Å². The number of para-hydroxylation sites is 6. The van der Waals surface area contributed by atoms with E-state index in [1.165, 1.54) is 21.8 Å². The molecule has 54 heavy (non-hydrogen) atoms. The first kappa shape index (κ1) is 31.4. The molecule has 5 nitrogen and oxygen atoms in total. The van der Waals surface area contributed by atoms with Gasteiger partial charge in [-0.25, -0.2) is 4.79 Å². The number of anilines is 3. The topological polar surface area (TPSA) is 35.1 Å². The van der Waals surface area contributed by atoms with Crippen molar-refractivity contribution in [3.63, 3.8) is 0 Å². The number of hydrogen-bond acceptors (Lipinski definition) is 2. The molecule has 2 aromatic heterocycles. The third-order valence-electron chi connectivity index (χ3n) is 10.3. The van der Waals surface area contributed by atoms with E-state index in [0.29, 0.717) is 0 Å². The number of fused-ring (bicyclic) bond motifs is 4. The van der Waals surface area contributed by atoms with Crippen LogP contribution in [0.5, 0.6) is 0 Å². The number of nitrogens with zero attached hydrogens (tertiary/aromatic N) is 4. The molecule has 0 radical (unpaired) electrons. The molecule has 0 saturated heterocycles. The standard InChI is InChI=1S/C49H34N4O/c54-49-52(38-15-5-2-6-16-38)47-21-11-12-22-48(47)53(49)42-33-31-40(32-34-42)50(37-13-3-1-4-14-37)39-27-23-35(24-28-39)36-25-29-41(30-26-36)51-45-19-9-7-17-43(45)44-18-8-10-20-46(44)51/h1-34H. The zero-order valence-electron chi connectivity index (χ0n) is 29.3. The number of aromatic nitrogens is 3. The highest BCUT2D eigenvalue weighted by atomic mass is 16.1. The van der Waals surface area contributed by atoms with Crippen molar-refractivity contribution in [2.75, 3.05) is 4.90 Å². The third-order valence-corrected chi connectivity index (χ3v) is 10.3. The van der Waals surface area contributed by atoms with Gasteiger partial charge in [-0.1, -0.05) is 109 Å². The predicted molar refractivity (Wildman–Crippen MR) is 223 cm³/mol. The Morgan fingerprint density at radius 3 is 1.19 bits per heavy atom. The van der Waals surface area contributed by atoms with Crippen LogP contribution in [0.15, 0.2) is 211 Å². The maximum Gasteiger partial charge on any atom is 0.338 e. The van der Waals surface area contributed by atoms with Crippen LogP contribution in [-0.4, -0.2) is 13.7 Å². The first-order chi connectivity index (χ1) is 26.7. The molecule has 0 aliphatic heterocycles. The van der Waals surface area contributed by atoms with Gasteiger partial charge in [-0.3, -0.25) is 9.13 Å². The van der Waals surface area contributed by atoms with Gasteiger partial charge in [0.1, 0.15) is 0 Å². The summed E-state index contributed by atoms with van der Waals surface area (Å²) in [7, 11) is 0. The summed E-state index contributed by atoms with van der Waals surface area (Å²) in [6.07, 6.45) is 0. The Hall–Kier alpha value is -7.37. The van der Waals surface area contributed by atoms with Crippen LogP contribution < -0.4 is 10.6 Å². The van der Waals surface area contributed by atoms with E-state index < -0.39 is 0 Å². The summed E-state index contributed by atoms with van der Waals surface area (Å²) in [5, 5.41) is 2.52. The lowest BCUT2D eigenvalue weighted by molar-refractivity contribution is 0.930. The fraction of sp³-hybridized carbons (Fsp3) is 0. The van der Waals surface area contributed by atoms with Crippen molar-refractivity contribution in [2.45, 2.75) is 0 Å². The summed E-state index contributed by atoms with van der Waals surface area (Å²) in [5.41, 5.74) is 12.2. The smallest absolute Gasteiger partial charge is 0.311 e. The SMILES string of the molecule is O=c1n(-c2ccccc2)c2ccccc2n1-c1ccc(N(c2ccccc2)c2ccc(-c3ccc(-n4c5ccccc5c5ccccc54)cc3)cc2)cc1. The predicted octanol–water partition coefficient (Wildman–Crippen LogP) is 12.0. The molecule has 0 fully saturated rings. The zero-order valence-corrected chi connectivity index (χ0v) is 29.3. The minimum Gasteiger partial charge on any atom is -0.311 e. The van der Waals surface area contributed by atoms with Crippen molar-refractivity contribution < 1.29 is 0 Å². The van der Waals surface area contributed by atoms with Gasteiger partial charge in [-0.15, -0.1) is 0 Å². The summed E-state index contributed by atoms with van der Waals surface area (Å²) in [6, 6.07) is 71.1. The molecule has 10 rings (SSSR count). The highest BCUT2D eigenvalue weighted by Gasteiger charge is 2.18. The Morgan fingerprint density at radius 1 is 0.296 bits per heavy atom. The minimum absolute atomic E-state index is 0.103. The van der Waals surface area contributed by atoms with Crippen LogP contribution >= 0.6 is 0 Å². The van der Waals surface area contributed by atoms with Crippen molar-refractivity contribution in [3.8, 4) is 28.2 Å². The Kier molecular flexibility index (Phi) is 7.55. The largest absolute Gasteiger partial charge is 0.338 e. The van der Waals surface area contributed by atoms with Gasteiger partial charge >= 0.3 is 5.69 Å². The van der Waals surface area contributed by atoms with Gasteiger partial charge < -0.3 is 9.47 Å². The molecule has 0 amide bonds. The molecule has 0 aliphatic rings. The number of rotatable bonds is 7. The van der Waals surface area contributed by atoms with E-state index in [9.17, 15) is 4.79 Å². The Labute approximate surface area is 312 Å². The van der Waals surface area contributed by atoms with E-state index in [-0.39, 0.29) is 5.69 Å². The summed E-state index contributed by atoms with van der Waals surface area (Å²) in [5.74, 6) is 0. The lowest BCUT2D eigenvalue weighted by Crippen LogP contribution is -2.22. The molecule has 256 valence electrons. The summed E-state index contributed by atoms with van der Waals surface area (Å²) in [4.78, 5) is 16.2. The molecule has 0 N–H and O–H groups in total. The normalized spacial score (nSPS) is 11.4. The van der Waals surface area contributed by atoms with Gasteiger partial charge in [0.05, 0.1) is 33.4 Å². The van der Waals surface area contributed by atoms with E-state index in [4.69, 9.17) is 0 Å². The van der Waals surface area contributed by atoms with E-state index in [0.717, 1.165) is 56.3 Å². The summed E-state index contributed by atoms with van der Waals surface area (Å²) < 4.78 is 5.91. The van der Waals surface area contributed by atoms with Gasteiger partial charge in [0, 0.05) is 33.5 Å². The number of benzene rings is 8. The van der Waals surface area contributed by atoms with E-state index in [1.807, 2.05) is 72.8 Å². The lowest BCUT2D eigenvalue weighted by Gasteiger charge is -2.26. The molecule has 0 bridgehead atoms. The highest BCUT2D eigenvalue weighted by molar-refractivity contribution is 6.09. The average molecular weight is 695 g/mol. The molecule has 8 aromatic carbocycles. The summed E-state index contributed by atoms with van der Waals surface area (Å²) in [6.45, 7) is 0. The van der Waals surface area contributed by atoms with Crippen molar-refractivity contribution in [2.24, 2.45) is 0 Å². The van der Waals surface area contributed by atoms with Gasteiger partial charge in [0.25, 0.3) is 0 Å². The van der Waals surface area contributed by atoms with Gasteiger partial charge in [0.15, 0.2) is 0 Å². The molecular formula is C49H34N4O. The van der Waals surface area contributed by atoms with Crippen LogP contribution in [0.25, 0.3) is 61.0 Å². The molecule has 0 unspecified atom stereocenters. The quantitative estimate of drug-likeness (QED) is 0.166. The zero-order chi connectivity index (χ0) is 36.0. The molecule has 0 spiro atoms. The molecule has 2 heterocycles. The fourth-order valence-corrected chi connectivity index (χ4v) is 7.81. The maximum atomic E-state index is 14.0. The second-order valence-corrected chi connectivity index (χ2v) is 13.4. The molecule has 5 heteroatoms. The van der Waals surface area contributed by atoms with E-state index in [2.05, 4.69) is 143 Å². The first-order valence-corrected chi connectivity index (χ1v) is 18.2. The Bertz CT molecular complexity index is 2920. The van der Waals surface area contributed by atoms with Crippen LogP contribution in [0, 0.1) is 0 Å². The molecular weight excluding hydrogens is 661 g/mol. The van der Waals surface area contributed by atoms with Crippen LogP contribution in [0.2, 0.25) is 0 Å². The van der Waals surface area contributed by atoms with E-state index >= 15 is 0 Å². The van der Waals surface area contributed by atoms with Crippen LogP contribution in [0.4, 0.5) is 17.1 Å². The first-order valence-electron chi connectivity index (χ1n) is 18.2. The average Bonchev–Trinajstić information content (AvgIpc) is 3.74. The lowest BCUT2D eigenvalue weighted by atomic mass is 10.0. The second kappa shape index (κ2) is 13.0. The summed E-state index contributed by atoms with van der Waals surface area (Å²) >= 11 is 0. The molecule has 0 aliphatic carbocycles. The maximum absolute atomic E-state index is 14.0. The fourth-order valence-electron chi connectivity index (χ4n) is 7.81. The molecule has 0 saturated carbocycles. The van der Waals surface area contributed by atoms with Crippen molar-refractivity contribution in [3.05, 3.63) is 217 Å². The van der Waals surface area contributed by atoms with Gasteiger partial charge in [-0.2, -0.15) is 0 Å². The minimum atomic E-state index is -0.103. The van der Waals surface area contributed by atoms with Gasteiger partial charge in [0.2, 0.25) is 0 Å². The van der Waals surface area contributed by atoms with Crippen LogP contribution in [0.1, 0.15) is 0 Å². The number of imidazole rings is 1. The monoisotopic (exact) mass is 694 g/mol. The Morgan fingerprint density at radius 2 is 0.648 bits per heavy atom. The molecule has 0 atom stereocenters. The van der Waals surface area contributed by atoms with Crippen molar-refractivity contribution in [1.82, 2.24) is 13.7 Å². The van der Waals surface area contributed by atoms with Crippen molar-refractivity contribution >= 4 is 49.9 Å². The van der Waals surface area contributed by atoms with Crippen molar-refractivity contribution in [1.29, 1.82) is 0 Å². The second-order valence-electron chi connectivity index (χ2n) is 13.4.